The molecule has 1 saturated heterocycles. The van der Waals surface area contributed by atoms with Gasteiger partial charge in [-0.15, -0.1) is 0 Å². The number of benzene rings is 2. The molecule has 0 saturated carbocycles. The Morgan fingerprint density at radius 2 is 1.76 bits per heavy atom. The highest BCUT2D eigenvalue weighted by atomic mass is 16.5. The molecule has 132 valence electrons. The molecule has 1 amide bonds. The van der Waals surface area contributed by atoms with E-state index in [1.54, 1.807) is 6.07 Å². The van der Waals surface area contributed by atoms with E-state index in [9.17, 15) is 4.79 Å². The maximum Gasteiger partial charge on any atom is 0.257 e. The number of amides is 1. The van der Waals surface area contributed by atoms with E-state index in [0.717, 1.165) is 25.1 Å². The van der Waals surface area contributed by atoms with Crippen molar-refractivity contribution < 1.29 is 14.3 Å². The predicted molar refractivity (Wildman–Crippen MR) is 97.0 cm³/mol. The van der Waals surface area contributed by atoms with Gasteiger partial charge in [0.05, 0.1) is 5.56 Å². The van der Waals surface area contributed by atoms with Gasteiger partial charge in [-0.1, -0.05) is 30.3 Å². The van der Waals surface area contributed by atoms with Crippen LogP contribution in [0.3, 0.4) is 0 Å². The molecule has 0 spiro atoms. The van der Waals surface area contributed by atoms with Crippen LogP contribution in [0.1, 0.15) is 23.2 Å². The van der Waals surface area contributed by atoms with Crippen LogP contribution in [0.4, 0.5) is 0 Å². The van der Waals surface area contributed by atoms with Gasteiger partial charge >= 0.3 is 0 Å². The van der Waals surface area contributed by atoms with Gasteiger partial charge in [0.2, 0.25) is 0 Å². The van der Waals surface area contributed by atoms with Crippen LogP contribution in [0, 0.1) is 0 Å². The van der Waals surface area contributed by atoms with Gasteiger partial charge in [0, 0.05) is 19.1 Å². The zero-order valence-electron chi connectivity index (χ0n) is 14.3. The maximum absolute atomic E-state index is 12.8. The summed E-state index contributed by atoms with van der Waals surface area (Å²) in [6.07, 6.45) is 1.92. The molecule has 5 heteroatoms. The number of rotatable bonds is 6. The average molecular weight is 340 g/mol. The number of hydrogen-bond acceptors (Lipinski definition) is 4. The first-order valence-electron chi connectivity index (χ1n) is 8.68. The fraction of sp³-hybridized carbons (Fsp3) is 0.350. The zero-order valence-corrected chi connectivity index (χ0v) is 14.3. The highest BCUT2D eigenvalue weighted by Crippen LogP contribution is 2.22. The number of piperidine rings is 1. The van der Waals surface area contributed by atoms with E-state index in [1.165, 1.54) is 0 Å². The quantitative estimate of drug-likeness (QED) is 0.821. The molecule has 3 rings (SSSR count). The second-order valence-electron chi connectivity index (χ2n) is 6.16. The molecule has 25 heavy (non-hydrogen) atoms. The molecule has 1 atom stereocenters. The van der Waals surface area contributed by atoms with Gasteiger partial charge < -0.3 is 20.1 Å². The van der Waals surface area contributed by atoms with Gasteiger partial charge in [0.25, 0.3) is 5.91 Å². The molecular formula is C20H24N2O3. The standard InChI is InChI=1S/C20H24N2O3/c21-16-7-6-12-22(15-16)20(23)18-10-4-5-11-19(18)25-14-13-24-17-8-2-1-3-9-17/h1-5,8-11,16H,6-7,12-15,21H2/t16-/m1/s1. The Morgan fingerprint density at radius 1 is 1.04 bits per heavy atom. The first-order valence-corrected chi connectivity index (χ1v) is 8.68. The average Bonchev–Trinajstić information content (AvgIpc) is 2.66. The van der Waals surface area contributed by atoms with E-state index >= 15 is 0 Å². The van der Waals surface area contributed by atoms with Crippen LogP contribution in [0.25, 0.3) is 0 Å². The Bertz CT molecular complexity index is 690. The largest absolute Gasteiger partial charge is 0.490 e. The molecule has 0 unspecified atom stereocenters. The maximum atomic E-state index is 12.8. The molecule has 1 aliphatic heterocycles. The molecule has 2 aromatic rings. The molecule has 0 aliphatic carbocycles. The number of carbonyl (C=O) groups excluding carboxylic acids is 1. The van der Waals surface area contributed by atoms with Gasteiger partial charge in [0.1, 0.15) is 24.7 Å². The minimum Gasteiger partial charge on any atom is -0.490 e. The minimum atomic E-state index is -0.0188. The molecule has 1 fully saturated rings. The fourth-order valence-corrected chi connectivity index (χ4v) is 2.96. The van der Waals surface area contributed by atoms with E-state index in [1.807, 2.05) is 53.4 Å². The Labute approximate surface area is 148 Å². The van der Waals surface area contributed by atoms with Crippen LogP contribution in [-0.2, 0) is 0 Å². The lowest BCUT2D eigenvalue weighted by Gasteiger charge is -2.31. The minimum absolute atomic E-state index is 0.0188. The summed E-state index contributed by atoms with van der Waals surface area (Å²) in [7, 11) is 0. The third-order valence-electron chi connectivity index (χ3n) is 4.22. The molecular weight excluding hydrogens is 316 g/mol. The SMILES string of the molecule is N[C@@H]1CCCN(C(=O)c2ccccc2OCCOc2ccccc2)C1. The van der Waals surface area contributed by atoms with E-state index in [2.05, 4.69) is 0 Å². The van der Waals surface area contributed by atoms with Crippen molar-refractivity contribution in [3.63, 3.8) is 0 Å². The number of hydrogen-bond donors (Lipinski definition) is 1. The van der Waals surface area contributed by atoms with Crippen LogP contribution in [0.2, 0.25) is 0 Å². The summed E-state index contributed by atoms with van der Waals surface area (Å²) < 4.78 is 11.4. The van der Waals surface area contributed by atoms with Crippen LogP contribution >= 0.6 is 0 Å². The third kappa shape index (κ3) is 4.73. The summed E-state index contributed by atoms with van der Waals surface area (Å²) in [5.41, 5.74) is 6.57. The number of carbonyl (C=O) groups is 1. The lowest BCUT2D eigenvalue weighted by Crippen LogP contribution is -2.45. The first kappa shape index (κ1) is 17.3. The number of nitrogens with zero attached hydrogens (tertiary/aromatic N) is 1. The van der Waals surface area contributed by atoms with Crippen molar-refractivity contribution in [3.8, 4) is 11.5 Å². The fourth-order valence-electron chi connectivity index (χ4n) is 2.96. The Balaban J connectivity index is 1.57. The molecule has 0 aromatic heterocycles. The predicted octanol–water partition coefficient (Wildman–Crippen LogP) is 2.71. The van der Waals surface area contributed by atoms with E-state index in [4.69, 9.17) is 15.2 Å². The molecule has 0 bridgehead atoms. The van der Waals surface area contributed by atoms with Crippen molar-refractivity contribution in [2.75, 3.05) is 26.3 Å². The van der Waals surface area contributed by atoms with Crippen molar-refractivity contribution in [2.24, 2.45) is 5.73 Å². The first-order chi connectivity index (χ1) is 12.2. The monoisotopic (exact) mass is 340 g/mol. The summed E-state index contributed by atoms with van der Waals surface area (Å²) >= 11 is 0. The second kappa shape index (κ2) is 8.53. The number of likely N-dealkylation sites (tertiary alicyclic amines) is 1. The van der Waals surface area contributed by atoms with Crippen LogP contribution in [-0.4, -0.2) is 43.2 Å². The highest BCUT2D eigenvalue weighted by Gasteiger charge is 2.24. The van der Waals surface area contributed by atoms with Crippen molar-refractivity contribution in [3.05, 3.63) is 60.2 Å². The Kier molecular flexibility index (Phi) is 5.90. The normalized spacial score (nSPS) is 17.2. The van der Waals surface area contributed by atoms with Gasteiger partial charge in [-0.25, -0.2) is 0 Å². The summed E-state index contributed by atoms with van der Waals surface area (Å²) in [5, 5.41) is 0. The molecule has 0 radical (unpaired) electrons. The van der Waals surface area contributed by atoms with Gasteiger partial charge in [-0.3, -0.25) is 4.79 Å². The summed E-state index contributed by atoms with van der Waals surface area (Å²) in [5.74, 6) is 1.37. The van der Waals surface area contributed by atoms with E-state index in [-0.39, 0.29) is 11.9 Å². The molecule has 2 aromatic carbocycles. The summed E-state index contributed by atoms with van der Waals surface area (Å²) in [4.78, 5) is 14.6. The van der Waals surface area contributed by atoms with Crippen molar-refractivity contribution in [2.45, 2.75) is 18.9 Å². The summed E-state index contributed by atoms with van der Waals surface area (Å²) in [6, 6.07) is 17.0. The molecule has 1 heterocycles. The van der Waals surface area contributed by atoms with Crippen molar-refractivity contribution in [1.82, 2.24) is 4.90 Å². The topological polar surface area (TPSA) is 64.8 Å². The van der Waals surface area contributed by atoms with E-state index < -0.39 is 0 Å². The van der Waals surface area contributed by atoms with E-state index in [0.29, 0.717) is 31.1 Å². The van der Waals surface area contributed by atoms with Crippen molar-refractivity contribution >= 4 is 5.91 Å². The van der Waals surface area contributed by atoms with Gasteiger partial charge in [0.15, 0.2) is 0 Å². The van der Waals surface area contributed by atoms with Crippen LogP contribution in [0.5, 0.6) is 11.5 Å². The van der Waals surface area contributed by atoms with Crippen molar-refractivity contribution in [1.29, 1.82) is 0 Å². The number of ether oxygens (including phenoxy) is 2. The lowest BCUT2D eigenvalue weighted by molar-refractivity contribution is 0.0703. The molecule has 5 nitrogen and oxygen atoms in total. The number of para-hydroxylation sites is 2. The third-order valence-corrected chi connectivity index (χ3v) is 4.22. The van der Waals surface area contributed by atoms with Crippen LogP contribution in [0.15, 0.2) is 54.6 Å². The highest BCUT2D eigenvalue weighted by molar-refractivity contribution is 5.97. The van der Waals surface area contributed by atoms with Gasteiger partial charge in [-0.05, 0) is 37.1 Å². The molecule has 1 aliphatic rings. The zero-order chi connectivity index (χ0) is 17.5. The summed E-state index contributed by atoms with van der Waals surface area (Å²) in [6.45, 7) is 2.14. The molecule has 2 N–H and O–H groups in total. The van der Waals surface area contributed by atoms with Crippen LogP contribution < -0.4 is 15.2 Å². The lowest BCUT2D eigenvalue weighted by atomic mass is 10.0. The smallest absolute Gasteiger partial charge is 0.257 e. The number of nitrogens with two attached hydrogens (primary N) is 1. The second-order valence-corrected chi connectivity index (χ2v) is 6.16. The Hall–Kier alpha value is -2.53. The Morgan fingerprint density at radius 3 is 2.56 bits per heavy atom. The van der Waals surface area contributed by atoms with Gasteiger partial charge in [-0.2, -0.15) is 0 Å².